The van der Waals surface area contributed by atoms with Gasteiger partial charge in [-0.05, 0) is 12.5 Å². The molecule has 0 aromatic carbocycles. The van der Waals surface area contributed by atoms with E-state index in [1.165, 1.54) is 6.20 Å². The average Bonchev–Trinajstić information content (AvgIpc) is 1.88. The van der Waals surface area contributed by atoms with Gasteiger partial charge in [-0.15, -0.1) is 0 Å². The standard InChI is InChI=1S/C7H5BN2/c1-5-2-6(8)4-10-7(5)3-9/h2,4H,1H3. The predicted molar refractivity (Wildman–Crippen MR) is 39.1 cm³/mol. The smallest absolute Gasteiger partial charge is 0.143 e. The van der Waals surface area contributed by atoms with Gasteiger partial charge in [-0.25, -0.2) is 4.98 Å². The van der Waals surface area contributed by atoms with Crippen molar-refractivity contribution >= 4 is 13.3 Å². The van der Waals surface area contributed by atoms with E-state index in [9.17, 15) is 0 Å². The van der Waals surface area contributed by atoms with Gasteiger partial charge in [0.15, 0.2) is 0 Å². The zero-order valence-corrected chi connectivity index (χ0v) is 5.63. The highest BCUT2D eigenvalue weighted by Gasteiger charge is 1.95. The molecule has 1 aromatic heterocycles. The molecular weight excluding hydrogens is 123 g/mol. The first-order valence-electron chi connectivity index (χ1n) is 2.86. The van der Waals surface area contributed by atoms with E-state index in [1.807, 2.05) is 13.0 Å². The summed E-state index contributed by atoms with van der Waals surface area (Å²) in [4.78, 5) is 3.81. The lowest BCUT2D eigenvalue weighted by atomic mass is 9.97. The lowest BCUT2D eigenvalue weighted by Crippen LogP contribution is -2.05. The van der Waals surface area contributed by atoms with E-state index in [0.717, 1.165) is 5.56 Å². The highest BCUT2D eigenvalue weighted by Crippen LogP contribution is 1.97. The van der Waals surface area contributed by atoms with Gasteiger partial charge < -0.3 is 0 Å². The van der Waals surface area contributed by atoms with Crippen LogP contribution in [-0.4, -0.2) is 12.8 Å². The number of hydrogen-bond acceptors (Lipinski definition) is 2. The number of aromatic nitrogens is 1. The Labute approximate surface area is 60.9 Å². The van der Waals surface area contributed by atoms with Crippen LogP contribution in [0.1, 0.15) is 11.3 Å². The van der Waals surface area contributed by atoms with Crippen molar-refractivity contribution in [2.45, 2.75) is 6.92 Å². The maximum atomic E-state index is 8.46. The van der Waals surface area contributed by atoms with Gasteiger partial charge in [0.2, 0.25) is 0 Å². The van der Waals surface area contributed by atoms with E-state index < -0.39 is 0 Å². The molecule has 2 radical (unpaired) electrons. The molecule has 0 N–H and O–H groups in total. The van der Waals surface area contributed by atoms with E-state index in [0.29, 0.717) is 11.2 Å². The van der Waals surface area contributed by atoms with Crippen LogP contribution in [0.3, 0.4) is 0 Å². The first kappa shape index (κ1) is 6.82. The maximum absolute atomic E-state index is 8.46. The fraction of sp³-hybridized carbons (Fsp3) is 0.143. The van der Waals surface area contributed by atoms with Crippen molar-refractivity contribution in [3.8, 4) is 6.07 Å². The number of hydrogen-bond donors (Lipinski definition) is 0. The van der Waals surface area contributed by atoms with Crippen LogP contribution in [0.25, 0.3) is 0 Å². The summed E-state index contributed by atoms with van der Waals surface area (Å²) in [6.07, 6.45) is 1.48. The summed E-state index contributed by atoms with van der Waals surface area (Å²) < 4.78 is 0. The quantitative estimate of drug-likeness (QED) is 0.463. The van der Waals surface area contributed by atoms with Crippen molar-refractivity contribution in [2.24, 2.45) is 0 Å². The number of nitrogens with zero attached hydrogens (tertiary/aromatic N) is 2. The van der Waals surface area contributed by atoms with Crippen LogP contribution >= 0.6 is 0 Å². The van der Waals surface area contributed by atoms with Gasteiger partial charge in [-0.2, -0.15) is 5.26 Å². The Balaban J connectivity index is 3.23. The topological polar surface area (TPSA) is 36.7 Å². The SMILES string of the molecule is [B]c1cnc(C#N)c(C)c1. The Bertz CT molecular complexity index is 288. The van der Waals surface area contributed by atoms with Gasteiger partial charge in [-0.1, -0.05) is 11.5 Å². The Morgan fingerprint density at radius 1 is 1.70 bits per heavy atom. The summed E-state index contributed by atoms with van der Waals surface area (Å²) in [5.41, 5.74) is 1.85. The molecule has 0 aliphatic carbocycles. The highest BCUT2D eigenvalue weighted by molar-refractivity contribution is 6.32. The molecule has 0 bridgehead atoms. The molecule has 1 rings (SSSR count). The summed E-state index contributed by atoms with van der Waals surface area (Å²) in [6.45, 7) is 1.81. The molecule has 0 amide bonds. The average molecular weight is 128 g/mol. The van der Waals surface area contributed by atoms with Gasteiger partial charge in [0.05, 0.1) is 0 Å². The molecular formula is C7H5BN2. The Morgan fingerprint density at radius 2 is 2.40 bits per heavy atom. The van der Waals surface area contributed by atoms with Crippen LogP contribution < -0.4 is 5.46 Å². The molecule has 0 atom stereocenters. The van der Waals surface area contributed by atoms with Gasteiger partial charge in [0.1, 0.15) is 19.6 Å². The lowest BCUT2D eigenvalue weighted by molar-refractivity contribution is 1.22. The molecule has 46 valence electrons. The molecule has 0 aliphatic heterocycles. The summed E-state index contributed by atoms with van der Waals surface area (Å²) in [5, 5.41) is 8.46. The second-order valence-electron chi connectivity index (χ2n) is 2.05. The third-order valence-electron chi connectivity index (χ3n) is 1.21. The summed E-state index contributed by atoms with van der Waals surface area (Å²) in [7, 11) is 5.41. The third kappa shape index (κ3) is 1.16. The van der Waals surface area contributed by atoms with Crippen molar-refractivity contribution in [3.05, 3.63) is 23.5 Å². The largest absolute Gasteiger partial charge is 0.246 e. The zero-order chi connectivity index (χ0) is 7.56. The monoisotopic (exact) mass is 128 g/mol. The van der Waals surface area contributed by atoms with E-state index in [2.05, 4.69) is 4.98 Å². The number of aryl methyl sites for hydroxylation is 1. The van der Waals surface area contributed by atoms with Crippen LogP contribution in [0, 0.1) is 18.3 Å². The third-order valence-corrected chi connectivity index (χ3v) is 1.21. The summed E-state index contributed by atoms with van der Waals surface area (Å²) in [5.74, 6) is 0. The highest BCUT2D eigenvalue weighted by atomic mass is 14.7. The fourth-order valence-electron chi connectivity index (χ4n) is 0.714. The first-order chi connectivity index (χ1) is 4.74. The zero-order valence-electron chi connectivity index (χ0n) is 5.63. The molecule has 0 saturated carbocycles. The maximum Gasteiger partial charge on any atom is 0.143 e. The van der Waals surface area contributed by atoms with Crippen molar-refractivity contribution < 1.29 is 0 Å². The van der Waals surface area contributed by atoms with Crippen molar-refractivity contribution in [1.29, 1.82) is 5.26 Å². The summed E-state index contributed by atoms with van der Waals surface area (Å²) in [6, 6.07) is 3.68. The molecule has 10 heavy (non-hydrogen) atoms. The molecule has 0 unspecified atom stereocenters. The van der Waals surface area contributed by atoms with Gasteiger partial charge in [0, 0.05) is 6.20 Å². The van der Waals surface area contributed by atoms with Gasteiger partial charge in [0.25, 0.3) is 0 Å². The minimum absolute atomic E-state index is 0.439. The molecule has 0 fully saturated rings. The van der Waals surface area contributed by atoms with Crippen LogP contribution in [0.4, 0.5) is 0 Å². The van der Waals surface area contributed by atoms with Gasteiger partial charge in [-0.3, -0.25) is 0 Å². The molecule has 0 spiro atoms. The van der Waals surface area contributed by atoms with Crippen LogP contribution in [0.5, 0.6) is 0 Å². The number of nitriles is 1. The van der Waals surface area contributed by atoms with E-state index in [4.69, 9.17) is 13.1 Å². The Hall–Kier alpha value is -1.30. The van der Waals surface area contributed by atoms with Crippen LogP contribution in [0.2, 0.25) is 0 Å². The van der Waals surface area contributed by atoms with E-state index in [-0.39, 0.29) is 0 Å². The van der Waals surface area contributed by atoms with Crippen LogP contribution in [-0.2, 0) is 0 Å². The molecule has 3 heteroatoms. The molecule has 1 heterocycles. The Morgan fingerprint density at radius 3 is 2.90 bits per heavy atom. The van der Waals surface area contributed by atoms with Crippen molar-refractivity contribution in [3.63, 3.8) is 0 Å². The first-order valence-corrected chi connectivity index (χ1v) is 2.86. The molecule has 2 nitrogen and oxygen atoms in total. The Kier molecular flexibility index (Phi) is 1.72. The number of rotatable bonds is 0. The minimum Gasteiger partial charge on any atom is -0.246 e. The number of pyridine rings is 1. The predicted octanol–water partition coefficient (Wildman–Crippen LogP) is 0.0555. The van der Waals surface area contributed by atoms with E-state index >= 15 is 0 Å². The van der Waals surface area contributed by atoms with Crippen LogP contribution in [0.15, 0.2) is 12.3 Å². The molecule has 1 aromatic rings. The molecule has 0 aliphatic rings. The normalized spacial score (nSPS) is 8.80. The minimum atomic E-state index is 0.439. The van der Waals surface area contributed by atoms with Gasteiger partial charge >= 0.3 is 0 Å². The fourth-order valence-corrected chi connectivity index (χ4v) is 0.714. The van der Waals surface area contributed by atoms with Crippen molar-refractivity contribution in [1.82, 2.24) is 4.98 Å². The molecule has 0 saturated heterocycles. The lowest BCUT2D eigenvalue weighted by Gasteiger charge is -1.95. The summed E-state index contributed by atoms with van der Waals surface area (Å²) >= 11 is 0. The van der Waals surface area contributed by atoms with Crippen molar-refractivity contribution in [2.75, 3.05) is 0 Å². The second kappa shape index (κ2) is 2.53. The van der Waals surface area contributed by atoms with E-state index in [1.54, 1.807) is 6.07 Å². The second-order valence-corrected chi connectivity index (χ2v) is 2.05.